The highest BCUT2D eigenvalue weighted by molar-refractivity contribution is 6.03. The number of hydrogen-bond donors (Lipinski definition) is 0. The number of benzene rings is 3. The molecular weight excluding hydrogens is 354 g/mol. The molecule has 0 aliphatic carbocycles. The van der Waals surface area contributed by atoms with Crippen LogP contribution in [0, 0.1) is 10.1 Å². The zero-order valence-electron chi connectivity index (χ0n) is 15.4. The van der Waals surface area contributed by atoms with Crippen LogP contribution in [0.5, 0.6) is 5.75 Å². The van der Waals surface area contributed by atoms with E-state index >= 15 is 0 Å². The molecule has 0 saturated heterocycles. The second-order valence-electron chi connectivity index (χ2n) is 6.52. The first-order valence-corrected chi connectivity index (χ1v) is 8.96. The maximum Gasteiger partial charge on any atom is 0.269 e. The fourth-order valence-electron chi connectivity index (χ4n) is 3.37. The van der Waals surface area contributed by atoms with E-state index in [1.165, 1.54) is 12.1 Å². The van der Waals surface area contributed by atoms with Gasteiger partial charge in [0.25, 0.3) is 5.69 Å². The first kappa shape index (κ1) is 17.7. The number of nitrogens with zero attached hydrogens (tertiary/aromatic N) is 3. The molecule has 0 N–H and O–H groups in total. The van der Waals surface area contributed by atoms with E-state index in [2.05, 4.69) is 12.1 Å². The Balaban J connectivity index is 1.71. The topological polar surface area (TPSA) is 68.0 Å². The van der Waals surface area contributed by atoms with Gasteiger partial charge in [0.2, 0.25) is 0 Å². The molecule has 140 valence electrons. The molecule has 1 atom stereocenters. The van der Waals surface area contributed by atoms with Gasteiger partial charge in [-0.15, -0.1) is 0 Å². The first-order valence-electron chi connectivity index (χ1n) is 8.96. The summed E-state index contributed by atoms with van der Waals surface area (Å²) in [6.45, 7) is 0. The van der Waals surface area contributed by atoms with Gasteiger partial charge >= 0.3 is 0 Å². The van der Waals surface area contributed by atoms with Crippen LogP contribution in [0.15, 0.2) is 84.0 Å². The molecule has 0 spiro atoms. The van der Waals surface area contributed by atoms with Crippen LogP contribution in [0.3, 0.4) is 0 Å². The van der Waals surface area contributed by atoms with Gasteiger partial charge in [-0.1, -0.05) is 30.3 Å². The second-order valence-corrected chi connectivity index (χ2v) is 6.52. The normalized spacial score (nSPS) is 16.0. The minimum absolute atomic E-state index is 0.0276. The Morgan fingerprint density at radius 2 is 1.68 bits per heavy atom. The molecular formula is C22H19N3O3. The molecule has 28 heavy (non-hydrogen) atoms. The summed E-state index contributed by atoms with van der Waals surface area (Å²) in [6, 6.07) is 24.5. The van der Waals surface area contributed by atoms with Gasteiger partial charge in [0.05, 0.1) is 29.5 Å². The van der Waals surface area contributed by atoms with E-state index in [0.29, 0.717) is 0 Å². The first-order chi connectivity index (χ1) is 13.7. The van der Waals surface area contributed by atoms with Gasteiger partial charge < -0.3 is 4.74 Å². The Morgan fingerprint density at radius 1 is 1.00 bits per heavy atom. The third-order valence-corrected chi connectivity index (χ3v) is 4.84. The molecule has 3 aromatic carbocycles. The Bertz CT molecular complexity index is 999. The summed E-state index contributed by atoms with van der Waals surface area (Å²) < 4.78 is 5.24. The Labute approximate surface area is 162 Å². The van der Waals surface area contributed by atoms with Crippen molar-refractivity contribution in [2.24, 2.45) is 5.10 Å². The lowest BCUT2D eigenvalue weighted by molar-refractivity contribution is -0.384. The number of methoxy groups -OCH3 is 1. The molecule has 4 rings (SSSR count). The molecule has 1 unspecified atom stereocenters. The summed E-state index contributed by atoms with van der Waals surface area (Å²) in [5.41, 5.74) is 4.04. The lowest BCUT2D eigenvalue weighted by Crippen LogP contribution is -2.18. The predicted molar refractivity (Wildman–Crippen MR) is 109 cm³/mol. The number of rotatable bonds is 5. The SMILES string of the molecule is COc1ccc(C2=NN(c3ccc([N+](=O)[O-])cc3)C(c3ccccc3)C2)cc1. The lowest BCUT2D eigenvalue weighted by atomic mass is 9.98. The average Bonchev–Trinajstić information content (AvgIpc) is 3.20. The lowest BCUT2D eigenvalue weighted by Gasteiger charge is -2.23. The van der Waals surface area contributed by atoms with Crippen LogP contribution < -0.4 is 9.75 Å². The molecule has 0 aromatic heterocycles. The van der Waals surface area contributed by atoms with Crippen molar-refractivity contribution in [1.29, 1.82) is 0 Å². The molecule has 0 radical (unpaired) electrons. The monoisotopic (exact) mass is 373 g/mol. The number of ether oxygens (including phenoxy) is 1. The number of non-ortho nitro benzene ring substituents is 1. The molecule has 0 bridgehead atoms. The van der Waals surface area contributed by atoms with Crippen molar-refractivity contribution in [3.8, 4) is 5.75 Å². The highest BCUT2D eigenvalue weighted by Gasteiger charge is 2.30. The van der Waals surface area contributed by atoms with Gasteiger partial charge in [-0.25, -0.2) is 0 Å². The van der Waals surface area contributed by atoms with E-state index < -0.39 is 4.92 Å². The molecule has 3 aromatic rings. The standard InChI is InChI=1S/C22H19N3O3/c1-28-20-13-7-16(8-14-20)21-15-22(17-5-3-2-4-6-17)24(23-21)18-9-11-19(12-10-18)25(26)27/h2-14,22H,15H2,1H3. The highest BCUT2D eigenvalue weighted by atomic mass is 16.6. The molecule has 0 saturated carbocycles. The maximum absolute atomic E-state index is 11.0. The van der Waals surface area contributed by atoms with Gasteiger partial charge in [0, 0.05) is 18.6 Å². The number of nitro benzene ring substituents is 1. The summed E-state index contributed by atoms with van der Waals surface area (Å²) in [5.74, 6) is 0.800. The van der Waals surface area contributed by atoms with Gasteiger partial charge in [0.15, 0.2) is 0 Å². The minimum atomic E-state index is -0.394. The minimum Gasteiger partial charge on any atom is -0.497 e. The van der Waals surface area contributed by atoms with Crippen molar-refractivity contribution in [3.63, 3.8) is 0 Å². The van der Waals surface area contributed by atoms with Crippen LogP contribution in [0.1, 0.15) is 23.6 Å². The van der Waals surface area contributed by atoms with Crippen molar-refractivity contribution >= 4 is 17.1 Å². The van der Waals surface area contributed by atoms with Crippen LogP contribution in [0.4, 0.5) is 11.4 Å². The van der Waals surface area contributed by atoms with Gasteiger partial charge in [-0.2, -0.15) is 5.10 Å². The summed E-state index contributed by atoms with van der Waals surface area (Å²) in [5, 5.41) is 17.8. The van der Waals surface area contributed by atoms with Crippen molar-refractivity contribution < 1.29 is 9.66 Å². The molecule has 0 amide bonds. The van der Waals surface area contributed by atoms with E-state index in [1.54, 1.807) is 19.2 Å². The van der Waals surface area contributed by atoms with Crippen LogP contribution >= 0.6 is 0 Å². The van der Waals surface area contributed by atoms with E-state index in [0.717, 1.165) is 34.7 Å². The van der Waals surface area contributed by atoms with Crippen LogP contribution in [0.2, 0.25) is 0 Å². The van der Waals surface area contributed by atoms with Crippen LogP contribution in [-0.4, -0.2) is 17.7 Å². The van der Waals surface area contributed by atoms with Gasteiger partial charge in [-0.05, 0) is 47.5 Å². The van der Waals surface area contributed by atoms with Crippen molar-refractivity contribution in [2.75, 3.05) is 12.1 Å². The highest BCUT2D eigenvalue weighted by Crippen LogP contribution is 2.37. The molecule has 6 heteroatoms. The summed E-state index contributed by atoms with van der Waals surface area (Å²) >= 11 is 0. The summed E-state index contributed by atoms with van der Waals surface area (Å²) in [7, 11) is 1.64. The van der Waals surface area contributed by atoms with Gasteiger partial charge in [0.1, 0.15) is 5.75 Å². The number of hydrazone groups is 1. The van der Waals surface area contributed by atoms with Crippen molar-refractivity contribution in [3.05, 3.63) is 100 Å². The van der Waals surface area contributed by atoms with Gasteiger partial charge in [-0.3, -0.25) is 15.1 Å². The number of anilines is 1. The smallest absolute Gasteiger partial charge is 0.269 e. The quantitative estimate of drug-likeness (QED) is 0.468. The maximum atomic E-state index is 11.0. The molecule has 1 aliphatic rings. The fourth-order valence-corrected chi connectivity index (χ4v) is 3.37. The predicted octanol–water partition coefficient (Wildman–Crippen LogP) is 4.96. The van der Waals surface area contributed by atoms with E-state index in [-0.39, 0.29) is 11.7 Å². The Kier molecular flexibility index (Phi) is 4.76. The average molecular weight is 373 g/mol. The van der Waals surface area contributed by atoms with Crippen molar-refractivity contribution in [2.45, 2.75) is 12.5 Å². The Morgan fingerprint density at radius 3 is 2.29 bits per heavy atom. The van der Waals surface area contributed by atoms with E-state index in [1.807, 2.05) is 47.5 Å². The molecule has 1 aliphatic heterocycles. The largest absolute Gasteiger partial charge is 0.497 e. The third-order valence-electron chi connectivity index (χ3n) is 4.84. The second kappa shape index (κ2) is 7.52. The van der Waals surface area contributed by atoms with Crippen molar-refractivity contribution in [1.82, 2.24) is 0 Å². The molecule has 1 heterocycles. The van der Waals surface area contributed by atoms with Crippen LogP contribution in [0.25, 0.3) is 0 Å². The Hall–Kier alpha value is -3.67. The number of hydrogen-bond acceptors (Lipinski definition) is 5. The molecule has 0 fully saturated rings. The number of nitro groups is 1. The van der Waals surface area contributed by atoms with E-state index in [4.69, 9.17) is 9.84 Å². The van der Waals surface area contributed by atoms with E-state index in [9.17, 15) is 10.1 Å². The fraction of sp³-hybridized carbons (Fsp3) is 0.136. The summed E-state index contributed by atoms with van der Waals surface area (Å²) in [6.07, 6.45) is 0.743. The zero-order chi connectivity index (χ0) is 19.5. The van der Waals surface area contributed by atoms with Crippen LogP contribution in [-0.2, 0) is 0 Å². The third kappa shape index (κ3) is 3.44. The molecule has 6 nitrogen and oxygen atoms in total. The summed E-state index contributed by atoms with van der Waals surface area (Å²) in [4.78, 5) is 10.6. The zero-order valence-corrected chi connectivity index (χ0v) is 15.4.